The second kappa shape index (κ2) is 8.15. The van der Waals surface area contributed by atoms with Crippen LogP contribution in [0, 0.1) is 5.41 Å². The molecule has 1 heterocycles. The maximum absolute atomic E-state index is 7.56. The zero-order valence-electron chi connectivity index (χ0n) is 12.7. The summed E-state index contributed by atoms with van der Waals surface area (Å²) >= 11 is 12.0. The minimum atomic E-state index is -0.0587. The van der Waals surface area contributed by atoms with Gasteiger partial charge < -0.3 is 10.5 Å². The highest BCUT2D eigenvalue weighted by Gasteiger charge is 2.11. The molecule has 0 aliphatic heterocycles. The van der Waals surface area contributed by atoms with Crippen LogP contribution in [-0.4, -0.2) is 26.0 Å². The van der Waals surface area contributed by atoms with Gasteiger partial charge in [0.1, 0.15) is 30.2 Å². The van der Waals surface area contributed by atoms with Crippen molar-refractivity contribution in [1.29, 1.82) is 5.41 Å². The number of hydrogen-bond acceptors (Lipinski definition) is 5. The topological polar surface area (TPSA) is 103 Å². The van der Waals surface area contributed by atoms with Gasteiger partial charge in [-0.05, 0) is 40.8 Å². The molecule has 2 aromatic carbocycles. The Labute approximate surface area is 159 Å². The molecular formula is C15H13Cl3N6O. The molecule has 0 spiro atoms. The average Bonchev–Trinajstić information content (AvgIpc) is 3.08. The molecule has 0 radical (unpaired) electrons. The molecular weight excluding hydrogens is 387 g/mol. The third-order valence-electron chi connectivity index (χ3n) is 3.26. The molecule has 130 valence electrons. The molecule has 0 saturated carbocycles. The van der Waals surface area contributed by atoms with Crippen LogP contribution >= 0.6 is 35.6 Å². The normalized spacial score (nSPS) is 10.2. The first-order chi connectivity index (χ1) is 11.5. The summed E-state index contributed by atoms with van der Waals surface area (Å²) in [6, 6.07) is 10.3. The molecule has 10 heteroatoms. The first-order valence-electron chi connectivity index (χ1n) is 6.83. The Kier molecular flexibility index (Phi) is 6.19. The molecule has 0 unspecified atom stereocenters. The van der Waals surface area contributed by atoms with Crippen LogP contribution in [0.3, 0.4) is 0 Å². The van der Waals surface area contributed by atoms with Gasteiger partial charge in [0.05, 0.1) is 0 Å². The van der Waals surface area contributed by atoms with E-state index in [1.54, 1.807) is 36.4 Å². The van der Waals surface area contributed by atoms with Crippen molar-refractivity contribution in [3.8, 4) is 11.4 Å². The van der Waals surface area contributed by atoms with Crippen molar-refractivity contribution in [3.05, 3.63) is 63.9 Å². The van der Waals surface area contributed by atoms with E-state index >= 15 is 0 Å². The molecule has 25 heavy (non-hydrogen) atoms. The number of nitrogens with one attached hydrogen (secondary N) is 1. The second-order valence-electron chi connectivity index (χ2n) is 4.87. The molecule has 3 rings (SSSR count). The molecule has 0 atom stereocenters. The van der Waals surface area contributed by atoms with E-state index in [4.69, 9.17) is 39.1 Å². The zero-order chi connectivity index (χ0) is 17.1. The van der Waals surface area contributed by atoms with Crippen LogP contribution in [0.25, 0.3) is 5.69 Å². The van der Waals surface area contributed by atoms with Gasteiger partial charge in [-0.2, -0.15) is 4.68 Å². The first-order valence-corrected chi connectivity index (χ1v) is 7.58. The van der Waals surface area contributed by atoms with E-state index in [-0.39, 0.29) is 24.8 Å². The zero-order valence-corrected chi connectivity index (χ0v) is 15.0. The number of halogens is 3. The monoisotopic (exact) mass is 398 g/mol. The summed E-state index contributed by atoms with van der Waals surface area (Å²) in [5, 5.41) is 19.7. The van der Waals surface area contributed by atoms with Crippen molar-refractivity contribution >= 4 is 41.4 Å². The number of ether oxygens (including phenoxy) is 1. The average molecular weight is 400 g/mol. The lowest BCUT2D eigenvalue weighted by molar-refractivity contribution is 0.304. The maximum Gasteiger partial charge on any atom is 0.145 e. The lowest BCUT2D eigenvalue weighted by atomic mass is 10.1. The third kappa shape index (κ3) is 4.39. The van der Waals surface area contributed by atoms with E-state index < -0.39 is 0 Å². The van der Waals surface area contributed by atoms with Crippen molar-refractivity contribution in [2.45, 2.75) is 6.61 Å². The van der Waals surface area contributed by atoms with E-state index in [1.165, 1.54) is 11.0 Å². The number of amidine groups is 1. The van der Waals surface area contributed by atoms with Crippen molar-refractivity contribution in [3.63, 3.8) is 0 Å². The molecule has 0 fully saturated rings. The van der Waals surface area contributed by atoms with Crippen LogP contribution in [-0.2, 0) is 6.61 Å². The van der Waals surface area contributed by atoms with Gasteiger partial charge >= 0.3 is 0 Å². The highest BCUT2D eigenvalue weighted by Crippen LogP contribution is 2.27. The summed E-state index contributed by atoms with van der Waals surface area (Å²) < 4.78 is 7.28. The molecule has 0 bridgehead atoms. The number of nitrogens with two attached hydrogens (primary N) is 1. The highest BCUT2D eigenvalue weighted by atomic mass is 35.5. The van der Waals surface area contributed by atoms with Crippen LogP contribution < -0.4 is 10.5 Å². The van der Waals surface area contributed by atoms with E-state index in [1.807, 2.05) is 0 Å². The van der Waals surface area contributed by atoms with Gasteiger partial charge in [-0.3, -0.25) is 5.41 Å². The van der Waals surface area contributed by atoms with E-state index in [2.05, 4.69) is 15.5 Å². The lowest BCUT2D eigenvalue weighted by Gasteiger charge is -2.13. The van der Waals surface area contributed by atoms with Crippen LogP contribution in [0.5, 0.6) is 5.75 Å². The molecule has 3 aromatic rings. The smallest absolute Gasteiger partial charge is 0.145 e. The number of nitrogen functional groups attached to an aromatic ring is 1. The molecule has 7 nitrogen and oxygen atoms in total. The minimum absolute atomic E-state index is 0. The third-order valence-corrected chi connectivity index (χ3v) is 3.85. The number of hydrogen-bond donors (Lipinski definition) is 2. The quantitative estimate of drug-likeness (QED) is 0.506. The molecule has 0 aliphatic carbocycles. The number of nitrogens with zero attached hydrogens (tertiary/aromatic N) is 4. The fourth-order valence-electron chi connectivity index (χ4n) is 2.05. The molecule has 1 aromatic heterocycles. The predicted molar refractivity (Wildman–Crippen MR) is 98.2 cm³/mol. The molecule has 0 saturated heterocycles. The Bertz CT molecular complexity index is 885. The summed E-state index contributed by atoms with van der Waals surface area (Å²) in [6.45, 7) is 0.241. The number of benzene rings is 2. The van der Waals surface area contributed by atoms with Gasteiger partial charge in [-0.1, -0.05) is 29.3 Å². The standard InChI is InChI=1S/C15H12Cl2N6O.ClH/c16-11-3-1-10(12(17)6-11)7-24-14-4-2-9(15(18)19)5-13(14)23-8-20-21-22-23;/h1-6,8H,7H2,(H3,18,19);1H. The second-order valence-corrected chi connectivity index (χ2v) is 5.72. The number of rotatable bonds is 5. The van der Waals surface area contributed by atoms with Crippen molar-refractivity contribution in [2.24, 2.45) is 5.73 Å². The molecule has 0 aliphatic rings. The van der Waals surface area contributed by atoms with Crippen LogP contribution in [0.1, 0.15) is 11.1 Å². The van der Waals surface area contributed by atoms with Gasteiger partial charge in [-0.15, -0.1) is 17.5 Å². The predicted octanol–water partition coefficient (Wildman–Crippen LogP) is 3.25. The number of aromatic nitrogens is 4. The Balaban J connectivity index is 0.00000225. The lowest BCUT2D eigenvalue weighted by Crippen LogP contribution is -2.12. The van der Waals surface area contributed by atoms with Gasteiger partial charge in [0.2, 0.25) is 0 Å². The number of tetrazole rings is 1. The molecule has 3 N–H and O–H groups in total. The molecule has 0 amide bonds. The summed E-state index contributed by atoms with van der Waals surface area (Å²) in [6.07, 6.45) is 1.43. The largest absolute Gasteiger partial charge is 0.487 e. The summed E-state index contributed by atoms with van der Waals surface area (Å²) in [5.41, 5.74) is 7.43. The van der Waals surface area contributed by atoms with Gasteiger partial charge in [0.25, 0.3) is 0 Å². The highest BCUT2D eigenvalue weighted by molar-refractivity contribution is 6.35. The SMILES string of the molecule is Cl.N=C(N)c1ccc(OCc2ccc(Cl)cc2Cl)c(-n2cnnn2)c1. The summed E-state index contributed by atoms with van der Waals surface area (Å²) in [4.78, 5) is 0. The first kappa shape index (κ1) is 19.0. The van der Waals surface area contributed by atoms with Crippen LogP contribution in [0.4, 0.5) is 0 Å². The Morgan fingerprint density at radius 3 is 2.64 bits per heavy atom. The van der Waals surface area contributed by atoms with Crippen LogP contribution in [0.2, 0.25) is 10.0 Å². The van der Waals surface area contributed by atoms with Crippen LogP contribution in [0.15, 0.2) is 42.7 Å². The maximum atomic E-state index is 7.56. The Morgan fingerprint density at radius 2 is 2.00 bits per heavy atom. The summed E-state index contributed by atoms with van der Waals surface area (Å²) in [5.74, 6) is 0.468. The summed E-state index contributed by atoms with van der Waals surface area (Å²) in [7, 11) is 0. The fourth-order valence-corrected chi connectivity index (χ4v) is 2.51. The van der Waals surface area contributed by atoms with Gasteiger partial charge in [-0.25, -0.2) is 0 Å². The van der Waals surface area contributed by atoms with E-state index in [0.29, 0.717) is 27.0 Å². The Morgan fingerprint density at radius 1 is 1.20 bits per heavy atom. The van der Waals surface area contributed by atoms with E-state index in [9.17, 15) is 0 Å². The van der Waals surface area contributed by atoms with Crippen molar-refractivity contribution in [2.75, 3.05) is 0 Å². The minimum Gasteiger partial charge on any atom is -0.487 e. The Hall–Kier alpha value is -2.35. The van der Waals surface area contributed by atoms with E-state index in [0.717, 1.165) is 5.56 Å². The fraction of sp³-hybridized carbons (Fsp3) is 0.0667. The van der Waals surface area contributed by atoms with Crippen molar-refractivity contribution < 1.29 is 4.74 Å². The van der Waals surface area contributed by atoms with Gasteiger partial charge in [0.15, 0.2) is 0 Å². The van der Waals surface area contributed by atoms with Gasteiger partial charge in [0, 0.05) is 21.2 Å². The van der Waals surface area contributed by atoms with Crippen molar-refractivity contribution in [1.82, 2.24) is 20.2 Å².